The van der Waals surface area contributed by atoms with Gasteiger partial charge in [-0.25, -0.2) is 9.79 Å². The standard InChI is InChI=1S/C21H34N4O4.HI/c1-5-22-19(23-10-6-11-24-20(26)29-21(2,3)4)25-15-16-8-9-17-18(14-16)28-13-7-12-27-17;/h8-9,14H,5-7,10-13,15H2,1-4H3,(H,24,26)(H2,22,23,25);1H. The van der Waals surface area contributed by atoms with E-state index in [1.807, 2.05) is 45.9 Å². The van der Waals surface area contributed by atoms with Crippen molar-refractivity contribution in [2.75, 3.05) is 32.8 Å². The van der Waals surface area contributed by atoms with Crippen molar-refractivity contribution in [3.63, 3.8) is 0 Å². The Morgan fingerprint density at radius 3 is 2.50 bits per heavy atom. The van der Waals surface area contributed by atoms with Crippen molar-refractivity contribution >= 4 is 36.0 Å². The predicted octanol–water partition coefficient (Wildman–Crippen LogP) is 3.44. The molecular weight excluding hydrogens is 499 g/mol. The second kappa shape index (κ2) is 13.4. The van der Waals surface area contributed by atoms with Crippen molar-refractivity contribution in [2.24, 2.45) is 4.99 Å². The van der Waals surface area contributed by atoms with Crippen molar-refractivity contribution in [2.45, 2.75) is 52.7 Å². The van der Waals surface area contributed by atoms with Crippen molar-refractivity contribution in [3.05, 3.63) is 23.8 Å². The molecular formula is C21H35IN4O4. The number of aliphatic imine (C=N–C) groups is 1. The van der Waals surface area contributed by atoms with Crippen LogP contribution in [0.4, 0.5) is 4.79 Å². The Labute approximate surface area is 196 Å². The van der Waals surface area contributed by atoms with E-state index in [0.717, 1.165) is 42.4 Å². The molecule has 30 heavy (non-hydrogen) atoms. The van der Waals surface area contributed by atoms with Crippen LogP contribution in [0.25, 0.3) is 0 Å². The van der Waals surface area contributed by atoms with Gasteiger partial charge in [0, 0.05) is 26.1 Å². The molecule has 0 aliphatic carbocycles. The molecule has 1 aliphatic heterocycles. The van der Waals surface area contributed by atoms with Crippen LogP contribution in [0, 0.1) is 0 Å². The SMILES string of the molecule is CCNC(=NCc1ccc2c(c1)OCCCO2)NCCCNC(=O)OC(C)(C)C.I. The van der Waals surface area contributed by atoms with E-state index < -0.39 is 11.7 Å². The van der Waals surface area contributed by atoms with E-state index in [0.29, 0.717) is 32.8 Å². The number of nitrogens with one attached hydrogen (secondary N) is 3. The molecule has 0 saturated heterocycles. The van der Waals surface area contributed by atoms with E-state index in [1.54, 1.807) is 0 Å². The summed E-state index contributed by atoms with van der Waals surface area (Å²) in [6, 6.07) is 5.93. The fourth-order valence-corrected chi connectivity index (χ4v) is 2.62. The minimum Gasteiger partial charge on any atom is -0.490 e. The Morgan fingerprint density at radius 2 is 1.80 bits per heavy atom. The first kappa shape index (κ1) is 26.1. The fraction of sp³-hybridized carbons (Fsp3) is 0.619. The quantitative estimate of drug-likeness (QED) is 0.215. The molecule has 0 spiro atoms. The zero-order valence-corrected chi connectivity index (χ0v) is 20.7. The number of ether oxygens (including phenoxy) is 3. The number of hydrogen-bond donors (Lipinski definition) is 3. The minimum atomic E-state index is -0.486. The molecule has 1 aromatic rings. The summed E-state index contributed by atoms with van der Waals surface area (Å²) < 4.78 is 16.6. The first-order chi connectivity index (χ1) is 13.9. The smallest absolute Gasteiger partial charge is 0.407 e. The molecule has 0 unspecified atom stereocenters. The summed E-state index contributed by atoms with van der Waals surface area (Å²) in [5.74, 6) is 2.30. The molecule has 0 fully saturated rings. The molecule has 0 atom stereocenters. The van der Waals surface area contributed by atoms with E-state index >= 15 is 0 Å². The Morgan fingerprint density at radius 1 is 1.10 bits per heavy atom. The largest absolute Gasteiger partial charge is 0.490 e. The van der Waals surface area contributed by atoms with Gasteiger partial charge < -0.3 is 30.2 Å². The number of carbonyl (C=O) groups excluding carboxylic acids is 1. The van der Waals surface area contributed by atoms with Crippen LogP contribution < -0.4 is 25.4 Å². The minimum absolute atomic E-state index is 0. The molecule has 0 saturated carbocycles. The van der Waals surface area contributed by atoms with Crippen LogP contribution in [0.5, 0.6) is 11.5 Å². The number of rotatable bonds is 7. The lowest BCUT2D eigenvalue weighted by Crippen LogP contribution is -2.39. The van der Waals surface area contributed by atoms with E-state index in [-0.39, 0.29) is 24.0 Å². The number of guanidine groups is 1. The van der Waals surface area contributed by atoms with Gasteiger partial charge in [0.05, 0.1) is 19.8 Å². The fourth-order valence-electron chi connectivity index (χ4n) is 2.62. The van der Waals surface area contributed by atoms with Crippen LogP contribution in [0.3, 0.4) is 0 Å². The van der Waals surface area contributed by atoms with Gasteiger partial charge in [-0.1, -0.05) is 6.07 Å². The van der Waals surface area contributed by atoms with Gasteiger partial charge in [-0.05, 0) is 51.8 Å². The number of hydrogen-bond acceptors (Lipinski definition) is 5. The zero-order valence-electron chi connectivity index (χ0n) is 18.4. The maximum Gasteiger partial charge on any atom is 0.407 e. The van der Waals surface area contributed by atoms with Crippen molar-refractivity contribution < 1.29 is 19.0 Å². The summed E-state index contributed by atoms with van der Waals surface area (Å²) in [6.07, 6.45) is 1.25. The molecule has 0 radical (unpaired) electrons. The molecule has 1 aromatic carbocycles. The Hall–Kier alpha value is -1.91. The van der Waals surface area contributed by atoms with Crippen molar-refractivity contribution in [1.29, 1.82) is 0 Å². The third-order valence-corrected chi connectivity index (χ3v) is 3.89. The summed E-state index contributed by atoms with van der Waals surface area (Å²) in [6.45, 7) is 11.4. The van der Waals surface area contributed by atoms with Crippen molar-refractivity contribution in [1.82, 2.24) is 16.0 Å². The third kappa shape index (κ3) is 10.2. The number of alkyl carbamates (subject to hydrolysis) is 1. The molecule has 8 nitrogen and oxygen atoms in total. The van der Waals surface area contributed by atoms with E-state index in [4.69, 9.17) is 14.2 Å². The van der Waals surface area contributed by atoms with Crippen LogP contribution in [-0.4, -0.2) is 50.5 Å². The Bertz CT molecular complexity index is 692. The highest BCUT2D eigenvalue weighted by Gasteiger charge is 2.15. The molecule has 1 heterocycles. The molecule has 0 bridgehead atoms. The number of halogens is 1. The molecule has 9 heteroatoms. The van der Waals surface area contributed by atoms with Crippen LogP contribution in [0.15, 0.2) is 23.2 Å². The van der Waals surface area contributed by atoms with Gasteiger partial charge in [0.25, 0.3) is 0 Å². The summed E-state index contributed by atoms with van der Waals surface area (Å²) in [5, 5.41) is 9.25. The average Bonchev–Trinajstić information content (AvgIpc) is 2.89. The second-order valence-corrected chi connectivity index (χ2v) is 7.74. The van der Waals surface area contributed by atoms with Crippen LogP contribution in [0.1, 0.15) is 46.1 Å². The van der Waals surface area contributed by atoms with E-state index in [1.165, 1.54) is 0 Å². The van der Waals surface area contributed by atoms with Gasteiger partial charge in [-0.3, -0.25) is 0 Å². The number of fused-ring (bicyclic) bond motifs is 1. The van der Waals surface area contributed by atoms with Crippen LogP contribution in [-0.2, 0) is 11.3 Å². The molecule has 0 aromatic heterocycles. The number of carbonyl (C=O) groups is 1. The monoisotopic (exact) mass is 534 g/mol. The van der Waals surface area contributed by atoms with Crippen LogP contribution >= 0.6 is 24.0 Å². The molecule has 1 aliphatic rings. The number of nitrogens with zero attached hydrogens (tertiary/aromatic N) is 1. The summed E-state index contributed by atoms with van der Waals surface area (Å²) in [4.78, 5) is 16.3. The highest BCUT2D eigenvalue weighted by Crippen LogP contribution is 2.30. The highest BCUT2D eigenvalue weighted by atomic mass is 127. The van der Waals surface area contributed by atoms with Gasteiger partial charge in [-0.2, -0.15) is 0 Å². The number of benzene rings is 1. The lowest BCUT2D eigenvalue weighted by Gasteiger charge is -2.19. The van der Waals surface area contributed by atoms with E-state index in [9.17, 15) is 4.79 Å². The third-order valence-electron chi connectivity index (χ3n) is 3.89. The van der Waals surface area contributed by atoms with Gasteiger partial charge in [-0.15, -0.1) is 24.0 Å². The van der Waals surface area contributed by atoms with Gasteiger partial charge >= 0.3 is 6.09 Å². The molecule has 2 rings (SSSR count). The predicted molar refractivity (Wildman–Crippen MR) is 129 cm³/mol. The topological polar surface area (TPSA) is 93.2 Å². The Balaban J connectivity index is 0.00000450. The maximum absolute atomic E-state index is 11.6. The average molecular weight is 534 g/mol. The van der Waals surface area contributed by atoms with Crippen molar-refractivity contribution in [3.8, 4) is 11.5 Å². The highest BCUT2D eigenvalue weighted by molar-refractivity contribution is 14.0. The first-order valence-electron chi connectivity index (χ1n) is 10.2. The van der Waals surface area contributed by atoms with Gasteiger partial charge in [0.15, 0.2) is 17.5 Å². The van der Waals surface area contributed by atoms with E-state index in [2.05, 4.69) is 20.9 Å². The van der Waals surface area contributed by atoms with Gasteiger partial charge in [0.2, 0.25) is 0 Å². The normalized spacial score (nSPS) is 13.5. The molecule has 170 valence electrons. The summed E-state index contributed by atoms with van der Waals surface area (Å²) in [7, 11) is 0. The second-order valence-electron chi connectivity index (χ2n) is 7.74. The lowest BCUT2D eigenvalue weighted by molar-refractivity contribution is 0.0527. The number of amides is 1. The molecule has 3 N–H and O–H groups in total. The Kier molecular flexibility index (Phi) is 11.7. The lowest BCUT2D eigenvalue weighted by atomic mass is 10.2. The first-order valence-corrected chi connectivity index (χ1v) is 10.2. The maximum atomic E-state index is 11.6. The van der Waals surface area contributed by atoms with Gasteiger partial charge in [0.1, 0.15) is 5.60 Å². The summed E-state index contributed by atoms with van der Waals surface area (Å²) in [5.41, 5.74) is 0.568. The summed E-state index contributed by atoms with van der Waals surface area (Å²) >= 11 is 0. The molecule has 1 amide bonds. The van der Waals surface area contributed by atoms with Crippen LogP contribution in [0.2, 0.25) is 0 Å². The zero-order chi connectivity index (χ0) is 21.1.